The average molecular weight is 324 g/mol. The van der Waals surface area contributed by atoms with Crippen LogP contribution in [0.2, 0.25) is 0 Å². The predicted molar refractivity (Wildman–Crippen MR) is 90.7 cm³/mol. The Labute approximate surface area is 138 Å². The van der Waals surface area contributed by atoms with E-state index in [9.17, 15) is 14.9 Å². The van der Waals surface area contributed by atoms with Crippen molar-refractivity contribution in [3.05, 3.63) is 69.4 Å². The summed E-state index contributed by atoms with van der Waals surface area (Å²) in [7, 11) is 3.16. The first-order chi connectivity index (χ1) is 11.5. The van der Waals surface area contributed by atoms with E-state index in [1.54, 1.807) is 54.9 Å². The van der Waals surface area contributed by atoms with E-state index >= 15 is 0 Å². The van der Waals surface area contributed by atoms with Gasteiger partial charge in [0.2, 0.25) is 0 Å². The van der Waals surface area contributed by atoms with E-state index in [0.29, 0.717) is 27.7 Å². The van der Waals surface area contributed by atoms with Crippen LogP contribution in [0.5, 0.6) is 5.75 Å². The van der Waals surface area contributed by atoms with Crippen LogP contribution in [-0.2, 0) is 7.05 Å². The van der Waals surface area contributed by atoms with Gasteiger partial charge in [-0.2, -0.15) is 0 Å². The topological polar surface area (TPSA) is 74.4 Å². The molecule has 0 aliphatic carbocycles. The van der Waals surface area contributed by atoms with Crippen molar-refractivity contribution in [2.75, 3.05) is 7.11 Å². The Morgan fingerprint density at radius 2 is 1.83 bits per heavy atom. The number of ether oxygens (including phenoxy) is 1. The Morgan fingerprint density at radius 3 is 2.42 bits per heavy atom. The summed E-state index contributed by atoms with van der Waals surface area (Å²) in [5.74, 6) is -0.102. The van der Waals surface area contributed by atoms with E-state index in [1.807, 2.05) is 6.07 Å². The normalized spacial score (nSPS) is 10.8. The Balaban J connectivity index is 2.41. The lowest BCUT2D eigenvalue weighted by Crippen LogP contribution is -2.04. The highest BCUT2D eigenvalue weighted by Crippen LogP contribution is 2.40. The van der Waals surface area contributed by atoms with Gasteiger partial charge in [0, 0.05) is 18.3 Å². The SMILES string of the molecule is COc1ccc2c(c(C(=O)c3ccccc3)c(C)n2C)c1[N+](=O)[O-]. The Hall–Kier alpha value is -3.15. The van der Waals surface area contributed by atoms with Crippen LogP contribution >= 0.6 is 0 Å². The lowest BCUT2D eigenvalue weighted by Gasteiger charge is -2.05. The van der Waals surface area contributed by atoms with E-state index < -0.39 is 4.92 Å². The number of ketones is 1. The number of nitrogens with zero attached hydrogens (tertiary/aromatic N) is 2. The Bertz CT molecular complexity index is 958. The highest BCUT2D eigenvalue weighted by atomic mass is 16.6. The Kier molecular flexibility index (Phi) is 3.81. The lowest BCUT2D eigenvalue weighted by molar-refractivity contribution is -0.383. The molecular formula is C18H16N2O4. The number of hydrogen-bond acceptors (Lipinski definition) is 4. The van der Waals surface area contributed by atoms with E-state index in [2.05, 4.69) is 0 Å². The Morgan fingerprint density at radius 1 is 1.17 bits per heavy atom. The first-order valence-electron chi connectivity index (χ1n) is 7.37. The fourth-order valence-electron chi connectivity index (χ4n) is 2.97. The molecule has 1 aromatic heterocycles. The van der Waals surface area contributed by atoms with Gasteiger partial charge in [-0.15, -0.1) is 0 Å². The van der Waals surface area contributed by atoms with E-state index in [1.165, 1.54) is 7.11 Å². The molecule has 1 heterocycles. The molecule has 6 heteroatoms. The third-order valence-corrected chi connectivity index (χ3v) is 4.26. The molecule has 3 aromatic rings. The second-order valence-electron chi connectivity index (χ2n) is 5.48. The van der Waals surface area contributed by atoms with Gasteiger partial charge in [0.25, 0.3) is 0 Å². The van der Waals surface area contributed by atoms with Crippen molar-refractivity contribution in [1.29, 1.82) is 0 Å². The number of rotatable bonds is 4. The van der Waals surface area contributed by atoms with E-state index in [0.717, 1.165) is 0 Å². The first-order valence-corrected chi connectivity index (χ1v) is 7.37. The quantitative estimate of drug-likeness (QED) is 0.417. The van der Waals surface area contributed by atoms with E-state index in [-0.39, 0.29) is 17.2 Å². The molecule has 0 N–H and O–H groups in total. The molecule has 3 rings (SSSR count). The van der Waals surface area contributed by atoms with Crippen molar-refractivity contribution in [1.82, 2.24) is 4.57 Å². The molecule has 0 bridgehead atoms. The van der Waals surface area contributed by atoms with Gasteiger partial charge in [-0.25, -0.2) is 0 Å². The number of hydrogen-bond donors (Lipinski definition) is 0. The van der Waals surface area contributed by atoms with Crippen molar-refractivity contribution < 1.29 is 14.5 Å². The van der Waals surface area contributed by atoms with Crippen LogP contribution in [0.25, 0.3) is 10.9 Å². The molecule has 2 aromatic carbocycles. The standard InChI is InChI=1S/C18H16N2O4/c1-11-15(18(21)12-7-5-4-6-8-12)16-13(19(11)2)9-10-14(24-3)17(16)20(22)23/h4-10H,1-3H3. The maximum atomic E-state index is 13.0. The summed E-state index contributed by atoms with van der Waals surface area (Å²) >= 11 is 0. The number of nitro benzene ring substituents is 1. The molecule has 0 amide bonds. The van der Waals surface area contributed by atoms with Gasteiger partial charge in [0.05, 0.1) is 28.5 Å². The largest absolute Gasteiger partial charge is 0.490 e. The van der Waals surface area contributed by atoms with Gasteiger partial charge in [-0.05, 0) is 19.1 Å². The van der Waals surface area contributed by atoms with Crippen LogP contribution in [0.1, 0.15) is 21.6 Å². The van der Waals surface area contributed by atoms with Crippen LogP contribution in [0.3, 0.4) is 0 Å². The van der Waals surface area contributed by atoms with Gasteiger partial charge in [0.1, 0.15) is 0 Å². The highest BCUT2D eigenvalue weighted by molar-refractivity contribution is 6.19. The number of aryl methyl sites for hydroxylation is 1. The van der Waals surface area contributed by atoms with Crippen LogP contribution in [0.4, 0.5) is 5.69 Å². The molecule has 0 unspecified atom stereocenters. The molecule has 6 nitrogen and oxygen atoms in total. The molecule has 0 spiro atoms. The van der Waals surface area contributed by atoms with Crippen molar-refractivity contribution in [3.8, 4) is 5.75 Å². The molecule has 0 saturated carbocycles. The highest BCUT2D eigenvalue weighted by Gasteiger charge is 2.29. The van der Waals surface area contributed by atoms with Crippen LogP contribution in [-0.4, -0.2) is 22.4 Å². The van der Waals surface area contributed by atoms with Gasteiger partial charge >= 0.3 is 5.69 Å². The summed E-state index contributed by atoms with van der Waals surface area (Å²) in [4.78, 5) is 24.1. The predicted octanol–water partition coefficient (Wildman–Crippen LogP) is 3.63. The maximum Gasteiger partial charge on any atom is 0.320 e. The summed E-state index contributed by atoms with van der Waals surface area (Å²) in [6, 6.07) is 12.0. The minimum absolute atomic E-state index is 0.139. The van der Waals surface area contributed by atoms with Crippen molar-refractivity contribution in [2.24, 2.45) is 7.05 Å². The summed E-state index contributed by atoms with van der Waals surface area (Å²) in [5, 5.41) is 11.9. The second-order valence-corrected chi connectivity index (χ2v) is 5.48. The zero-order valence-electron chi connectivity index (χ0n) is 13.6. The number of carbonyl (C=O) groups is 1. The minimum Gasteiger partial charge on any atom is -0.490 e. The van der Waals surface area contributed by atoms with Gasteiger partial charge in [-0.3, -0.25) is 14.9 Å². The minimum atomic E-state index is -0.498. The first kappa shape index (κ1) is 15.7. The molecule has 0 radical (unpaired) electrons. The number of aromatic nitrogens is 1. The third-order valence-electron chi connectivity index (χ3n) is 4.26. The fourth-order valence-corrected chi connectivity index (χ4v) is 2.97. The molecule has 0 saturated heterocycles. The second kappa shape index (κ2) is 5.81. The number of fused-ring (bicyclic) bond motifs is 1. The number of carbonyl (C=O) groups excluding carboxylic acids is 1. The number of methoxy groups -OCH3 is 1. The summed E-state index contributed by atoms with van der Waals surface area (Å²) < 4.78 is 6.93. The number of benzene rings is 2. The van der Waals surface area contributed by atoms with Crippen molar-refractivity contribution in [2.45, 2.75) is 6.92 Å². The third kappa shape index (κ3) is 2.23. The summed E-state index contributed by atoms with van der Waals surface area (Å²) in [6.07, 6.45) is 0. The molecular weight excluding hydrogens is 308 g/mol. The lowest BCUT2D eigenvalue weighted by atomic mass is 9.99. The van der Waals surface area contributed by atoms with Crippen molar-refractivity contribution >= 4 is 22.4 Å². The van der Waals surface area contributed by atoms with Crippen LogP contribution in [0, 0.1) is 17.0 Å². The maximum absolute atomic E-state index is 13.0. The molecule has 0 aliphatic rings. The average Bonchev–Trinajstić information content (AvgIpc) is 2.85. The van der Waals surface area contributed by atoms with Gasteiger partial charge in [0.15, 0.2) is 11.5 Å². The zero-order chi connectivity index (χ0) is 17.4. The molecule has 0 atom stereocenters. The van der Waals surface area contributed by atoms with Crippen LogP contribution in [0.15, 0.2) is 42.5 Å². The monoisotopic (exact) mass is 324 g/mol. The zero-order valence-corrected chi connectivity index (χ0v) is 13.6. The smallest absolute Gasteiger partial charge is 0.320 e. The fraction of sp³-hybridized carbons (Fsp3) is 0.167. The summed E-state index contributed by atoms with van der Waals surface area (Å²) in [6.45, 7) is 1.78. The summed E-state index contributed by atoms with van der Waals surface area (Å²) in [5.41, 5.74) is 1.95. The van der Waals surface area contributed by atoms with E-state index in [4.69, 9.17) is 4.74 Å². The van der Waals surface area contributed by atoms with Gasteiger partial charge in [-0.1, -0.05) is 30.3 Å². The van der Waals surface area contributed by atoms with Crippen LogP contribution < -0.4 is 4.74 Å². The molecule has 0 fully saturated rings. The van der Waals surface area contributed by atoms with Crippen molar-refractivity contribution in [3.63, 3.8) is 0 Å². The molecule has 122 valence electrons. The molecule has 0 aliphatic heterocycles. The van der Waals surface area contributed by atoms with Gasteiger partial charge < -0.3 is 9.30 Å². The number of nitro groups is 1. The molecule has 24 heavy (non-hydrogen) atoms.